The predicted molar refractivity (Wildman–Crippen MR) is 70.1 cm³/mol. The molecule has 102 valence electrons. The molecule has 0 unspecified atom stereocenters. The Labute approximate surface area is 110 Å². The average molecular weight is 252 g/mol. The highest BCUT2D eigenvalue weighted by Gasteiger charge is 2.47. The average Bonchev–Trinajstić information content (AvgIpc) is 2.36. The van der Waals surface area contributed by atoms with Gasteiger partial charge in [0.15, 0.2) is 0 Å². The minimum Gasteiger partial charge on any atom is -0.465 e. The highest BCUT2D eigenvalue weighted by Crippen LogP contribution is 2.48. The van der Waals surface area contributed by atoms with E-state index in [9.17, 15) is 4.79 Å². The highest BCUT2D eigenvalue weighted by molar-refractivity contribution is 5.68. The Bertz CT molecular complexity index is 361. The van der Waals surface area contributed by atoms with E-state index in [1.807, 2.05) is 6.92 Å². The summed E-state index contributed by atoms with van der Waals surface area (Å²) >= 11 is 0. The molecule has 0 aromatic heterocycles. The normalized spacial score (nSPS) is 39.1. The van der Waals surface area contributed by atoms with Gasteiger partial charge >= 0.3 is 5.97 Å². The predicted octanol–water partition coefficient (Wildman–Crippen LogP) is 2.95. The Morgan fingerprint density at radius 2 is 2.28 bits per heavy atom. The first-order valence-electron chi connectivity index (χ1n) is 6.94. The van der Waals surface area contributed by atoms with Gasteiger partial charge in [0.2, 0.25) is 0 Å². The molecule has 3 nitrogen and oxygen atoms in total. The molecule has 0 radical (unpaired) electrons. The van der Waals surface area contributed by atoms with E-state index in [1.54, 1.807) is 0 Å². The number of esters is 1. The van der Waals surface area contributed by atoms with Crippen LogP contribution in [-0.4, -0.2) is 25.3 Å². The van der Waals surface area contributed by atoms with Gasteiger partial charge in [0.25, 0.3) is 0 Å². The summed E-state index contributed by atoms with van der Waals surface area (Å²) in [5.74, 6) is 0.777. The minimum absolute atomic E-state index is 0.0124. The van der Waals surface area contributed by atoms with E-state index >= 15 is 0 Å². The fourth-order valence-corrected chi connectivity index (χ4v) is 3.18. The van der Waals surface area contributed by atoms with Crippen LogP contribution in [0, 0.1) is 17.3 Å². The van der Waals surface area contributed by atoms with Crippen LogP contribution in [0.15, 0.2) is 11.6 Å². The van der Waals surface area contributed by atoms with Gasteiger partial charge < -0.3 is 9.47 Å². The van der Waals surface area contributed by atoms with E-state index in [1.165, 1.54) is 5.57 Å². The maximum absolute atomic E-state index is 11.4. The molecule has 2 rings (SSSR count). The fraction of sp³-hybridized carbons (Fsp3) is 0.800. The van der Waals surface area contributed by atoms with Crippen LogP contribution in [0.4, 0.5) is 0 Å². The van der Waals surface area contributed by atoms with Gasteiger partial charge in [0.1, 0.15) is 0 Å². The fourth-order valence-electron chi connectivity index (χ4n) is 3.18. The van der Waals surface area contributed by atoms with Crippen LogP contribution in [0.3, 0.4) is 0 Å². The molecule has 3 heteroatoms. The van der Waals surface area contributed by atoms with Crippen molar-refractivity contribution in [3.63, 3.8) is 0 Å². The quantitative estimate of drug-likeness (QED) is 0.572. The highest BCUT2D eigenvalue weighted by atomic mass is 16.5. The first-order chi connectivity index (χ1) is 8.48. The zero-order valence-electron chi connectivity index (χ0n) is 11.9. The standard InChI is InChI=1S/C15H24O3/c1-5-14(16)18-9-15-7-13(12(4)17-8-15)10(2)6-11(15)3/h6,11-13H,5,7-9H2,1-4H3/t11-,12+,13-,15-/m0/s1. The van der Waals surface area contributed by atoms with Crippen LogP contribution in [0.2, 0.25) is 0 Å². The molecule has 1 aliphatic carbocycles. The van der Waals surface area contributed by atoms with E-state index in [2.05, 4.69) is 26.8 Å². The molecule has 0 N–H and O–H groups in total. The van der Waals surface area contributed by atoms with Gasteiger partial charge in [-0.2, -0.15) is 0 Å². The van der Waals surface area contributed by atoms with Crippen LogP contribution in [0.5, 0.6) is 0 Å². The number of hydrogen-bond donors (Lipinski definition) is 0. The minimum atomic E-state index is -0.113. The smallest absolute Gasteiger partial charge is 0.305 e. The van der Waals surface area contributed by atoms with Crippen molar-refractivity contribution in [1.29, 1.82) is 0 Å². The third-order valence-corrected chi connectivity index (χ3v) is 4.70. The van der Waals surface area contributed by atoms with Crippen molar-refractivity contribution in [2.75, 3.05) is 13.2 Å². The van der Waals surface area contributed by atoms with Gasteiger partial charge in [-0.3, -0.25) is 4.79 Å². The van der Waals surface area contributed by atoms with Crippen LogP contribution in [-0.2, 0) is 14.3 Å². The van der Waals surface area contributed by atoms with Crippen LogP contribution in [0.25, 0.3) is 0 Å². The Hall–Kier alpha value is -0.830. The Kier molecular flexibility index (Phi) is 3.81. The largest absolute Gasteiger partial charge is 0.465 e. The van der Waals surface area contributed by atoms with Gasteiger partial charge in [-0.25, -0.2) is 0 Å². The maximum Gasteiger partial charge on any atom is 0.305 e. The molecular formula is C15H24O3. The lowest BCUT2D eigenvalue weighted by Gasteiger charge is -2.49. The lowest BCUT2D eigenvalue weighted by atomic mass is 9.63. The molecular weight excluding hydrogens is 228 g/mol. The number of allylic oxidation sites excluding steroid dienone is 1. The number of carbonyl (C=O) groups excluding carboxylic acids is 1. The van der Waals surface area contributed by atoms with Gasteiger partial charge in [0.05, 0.1) is 19.3 Å². The molecule has 1 aliphatic heterocycles. The molecule has 0 amide bonds. The van der Waals surface area contributed by atoms with Gasteiger partial charge in [-0.1, -0.05) is 25.5 Å². The number of ether oxygens (including phenoxy) is 2. The Morgan fingerprint density at radius 1 is 1.56 bits per heavy atom. The zero-order chi connectivity index (χ0) is 13.3. The molecule has 1 saturated heterocycles. The maximum atomic E-state index is 11.4. The molecule has 4 atom stereocenters. The third-order valence-electron chi connectivity index (χ3n) is 4.70. The summed E-state index contributed by atoms with van der Waals surface area (Å²) in [6, 6.07) is 0. The van der Waals surface area contributed by atoms with E-state index in [-0.39, 0.29) is 17.5 Å². The van der Waals surface area contributed by atoms with Crippen molar-refractivity contribution in [2.45, 2.75) is 46.6 Å². The van der Waals surface area contributed by atoms with E-state index in [0.29, 0.717) is 31.5 Å². The van der Waals surface area contributed by atoms with Gasteiger partial charge in [0, 0.05) is 17.8 Å². The van der Waals surface area contributed by atoms with Gasteiger partial charge in [-0.05, 0) is 26.2 Å². The number of hydrogen-bond acceptors (Lipinski definition) is 3. The summed E-state index contributed by atoms with van der Waals surface area (Å²) in [5, 5.41) is 0. The first kappa shape index (κ1) is 13.6. The van der Waals surface area contributed by atoms with E-state index in [4.69, 9.17) is 9.47 Å². The number of rotatable bonds is 3. The van der Waals surface area contributed by atoms with E-state index < -0.39 is 0 Å². The second kappa shape index (κ2) is 5.04. The lowest BCUT2D eigenvalue weighted by Crippen LogP contribution is -2.50. The Morgan fingerprint density at radius 3 is 2.94 bits per heavy atom. The van der Waals surface area contributed by atoms with Crippen molar-refractivity contribution in [2.24, 2.45) is 17.3 Å². The van der Waals surface area contributed by atoms with Crippen molar-refractivity contribution >= 4 is 5.97 Å². The van der Waals surface area contributed by atoms with Gasteiger partial charge in [-0.15, -0.1) is 0 Å². The molecule has 0 saturated carbocycles. The second-order valence-corrected chi connectivity index (χ2v) is 5.90. The molecule has 1 fully saturated rings. The SMILES string of the molecule is CCC(=O)OC[C@@]12CO[C@H](C)[C@@H](C1)C(C)=C[C@@H]2C. The lowest BCUT2D eigenvalue weighted by molar-refractivity contribution is -0.161. The molecule has 0 aromatic rings. The summed E-state index contributed by atoms with van der Waals surface area (Å²) in [4.78, 5) is 11.4. The molecule has 2 bridgehead atoms. The molecule has 18 heavy (non-hydrogen) atoms. The van der Waals surface area contributed by atoms with Crippen LogP contribution >= 0.6 is 0 Å². The van der Waals surface area contributed by atoms with E-state index in [0.717, 1.165) is 6.42 Å². The summed E-state index contributed by atoms with van der Waals surface area (Å²) in [6.45, 7) is 9.56. The summed E-state index contributed by atoms with van der Waals surface area (Å²) in [5.41, 5.74) is 1.41. The van der Waals surface area contributed by atoms with Crippen LogP contribution in [0.1, 0.15) is 40.5 Å². The van der Waals surface area contributed by atoms with Crippen molar-refractivity contribution < 1.29 is 14.3 Å². The van der Waals surface area contributed by atoms with Crippen LogP contribution < -0.4 is 0 Å². The Balaban J connectivity index is 2.14. The topological polar surface area (TPSA) is 35.5 Å². The molecule has 0 spiro atoms. The van der Waals surface area contributed by atoms with Crippen molar-refractivity contribution in [3.8, 4) is 0 Å². The van der Waals surface area contributed by atoms with Crippen molar-refractivity contribution in [1.82, 2.24) is 0 Å². The second-order valence-electron chi connectivity index (χ2n) is 5.90. The third kappa shape index (κ3) is 2.33. The van der Waals surface area contributed by atoms with Crippen molar-refractivity contribution in [3.05, 3.63) is 11.6 Å². The molecule has 1 heterocycles. The summed E-state index contributed by atoms with van der Waals surface area (Å²) in [6.07, 6.45) is 4.14. The summed E-state index contributed by atoms with van der Waals surface area (Å²) in [7, 11) is 0. The number of carbonyl (C=O) groups is 1. The monoisotopic (exact) mass is 252 g/mol. The number of fused-ring (bicyclic) bond motifs is 2. The molecule has 2 aliphatic rings. The molecule has 0 aromatic carbocycles. The first-order valence-corrected chi connectivity index (χ1v) is 6.94. The zero-order valence-corrected chi connectivity index (χ0v) is 11.9. The summed E-state index contributed by atoms with van der Waals surface area (Å²) < 4.78 is 11.3.